The molecule has 1 aromatic heterocycles. The predicted molar refractivity (Wildman–Crippen MR) is 76.5 cm³/mol. The molecule has 0 atom stereocenters. The number of hydrogen-bond donors (Lipinski definition) is 2. The summed E-state index contributed by atoms with van der Waals surface area (Å²) in [6.07, 6.45) is 0. The minimum atomic E-state index is -0.0989. The van der Waals surface area contributed by atoms with Gasteiger partial charge in [0.05, 0.1) is 19.2 Å². The highest BCUT2D eigenvalue weighted by atomic mass is 35.5. The summed E-state index contributed by atoms with van der Waals surface area (Å²) in [5.41, 5.74) is 0.464. The number of aromatic nitrogens is 1. The van der Waals surface area contributed by atoms with Gasteiger partial charge in [0.15, 0.2) is 5.43 Å². The quantitative estimate of drug-likeness (QED) is 0.826. The van der Waals surface area contributed by atoms with Crippen molar-refractivity contribution < 1.29 is 9.47 Å². The Bertz CT molecular complexity index is 640. The van der Waals surface area contributed by atoms with Gasteiger partial charge in [-0.2, -0.15) is 0 Å². The van der Waals surface area contributed by atoms with Crippen LogP contribution in [0.2, 0.25) is 5.02 Å². The summed E-state index contributed by atoms with van der Waals surface area (Å²) in [5, 5.41) is 3.99. The van der Waals surface area contributed by atoms with Gasteiger partial charge in [0.1, 0.15) is 16.6 Å². The van der Waals surface area contributed by atoms with Crippen molar-refractivity contribution in [1.82, 2.24) is 4.98 Å². The van der Waals surface area contributed by atoms with Crippen molar-refractivity contribution in [2.45, 2.75) is 0 Å². The molecule has 2 rings (SSSR count). The molecule has 6 heteroatoms. The normalized spacial score (nSPS) is 10.7. The second-order valence-electron chi connectivity index (χ2n) is 3.97. The lowest BCUT2D eigenvalue weighted by atomic mass is 10.2. The molecule has 0 aliphatic rings. The number of aromatic amines is 1. The van der Waals surface area contributed by atoms with E-state index in [0.29, 0.717) is 40.6 Å². The maximum Gasteiger partial charge on any atom is 0.191 e. The summed E-state index contributed by atoms with van der Waals surface area (Å²) in [6.45, 7) is 1.14. The van der Waals surface area contributed by atoms with Crippen LogP contribution in [0.1, 0.15) is 0 Å². The van der Waals surface area contributed by atoms with Crippen molar-refractivity contribution in [2.75, 3.05) is 32.7 Å². The Balaban J connectivity index is 2.47. The first kappa shape index (κ1) is 13.7. The van der Waals surface area contributed by atoms with Crippen molar-refractivity contribution in [1.29, 1.82) is 0 Å². The number of ether oxygens (including phenoxy) is 2. The first-order valence-corrected chi connectivity index (χ1v) is 6.17. The molecule has 0 radical (unpaired) electrons. The standard InChI is InChI=1S/C13H15ClN2O3/c1-18-6-5-15-11-7-9(17)8-3-4-10(19-2)12(14)13(8)16-11/h3-4,7H,5-6H2,1-2H3,(H2,15,16,17). The van der Waals surface area contributed by atoms with Crippen molar-refractivity contribution >= 4 is 28.3 Å². The number of halogens is 1. The predicted octanol–water partition coefficient (Wildman–Crippen LogP) is 2.25. The molecule has 2 aromatic rings. The number of anilines is 1. The molecular weight excluding hydrogens is 268 g/mol. The van der Waals surface area contributed by atoms with Crippen molar-refractivity contribution in [3.8, 4) is 5.75 Å². The third-order valence-corrected chi connectivity index (χ3v) is 3.12. The Morgan fingerprint density at radius 1 is 1.37 bits per heavy atom. The molecule has 2 N–H and O–H groups in total. The van der Waals surface area contributed by atoms with Crippen LogP contribution in [0.15, 0.2) is 23.0 Å². The number of nitrogens with one attached hydrogen (secondary N) is 2. The van der Waals surface area contributed by atoms with E-state index in [1.807, 2.05) is 0 Å². The number of H-pyrrole nitrogens is 1. The fourth-order valence-electron chi connectivity index (χ4n) is 1.80. The molecule has 0 amide bonds. The smallest absolute Gasteiger partial charge is 0.191 e. The molecule has 0 saturated heterocycles. The fourth-order valence-corrected chi connectivity index (χ4v) is 2.09. The molecule has 0 unspecified atom stereocenters. The second kappa shape index (κ2) is 5.95. The topological polar surface area (TPSA) is 63.4 Å². The maximum absolute atomic E-state index is 12.0. The zero-order valence-corrected chi connectivity index (χ0v) is 11.5. The second-order valence-corrected chi connectivity index (χ2v) is 4.35. The number of rotatable bonds is 5. The van der Waals surface area contributed by atoms with Gasteiger partial charge in [-0.25, -0.2) is 0 Å². The van der Waals surface area contributed by atoms with Crippen LogP contribution in [0.5, 0.6) is 5.75 Å². The number of fused-ring (bicyclic) bond motifs is 1. The minimum Gasteiger partial charge on any atom is -0.495 e. The Kier molecular flexibility index (Phi) is 4.29. The van der Waals surface area contributed by atoms with Crippen LogP contribution in [0.4, 0.5) is 5.82 Å². The molecule has 102 valence electrons. The number of methoxy groups -OCH3 is 2. The van der Waals surface area contributed by atoms with Crippen LogP contribution < -0.4 is 15.5 Å². The van der Waals surface area contributed by atoms with Gasteiger partial charge >= 0.3 is 0 Å². The zero-order valence-electron chi connectivity index (χ0n) is 10.7. The van der Waals surface area contributed by atoms with Gasteiger partial charge in [-0.15, -0.1) is 0 Å². The van der Waals surface area contributed by atoms with Crippen LogP contribution in [-0.4, -0.2) is 32.4 Å². The maximum atomic E-state index is 12.0. The molecular formula is C13H15ClN2O3. The third kappa shape index (κ3) is 2.83. The van der Waals surface area contributed by atoms with E-state index in [-0.39, 0.29) is 5.43 Å². The summed E-state index contributed by atoms with van der Waals surface area (Å²) in [6, 6.07) is 4.87. The van der Waals surface area contributed by atoms with E-state index in [4.69, 9.17) is 21.1 Å². The highest BCUT2D eigenvalue weighted by Gasteiger charge is 2.09. The van der Waals surface area contributed by atoms with Crippen LogP contribution in [0, 0.1) is 0 Å². The lowest BCUT2D eigenvalue weighted by Gasteiger charge is -2.10. The van der Waals surface area contributed by atoms with Gasteiger partial charge in [-0.1, -0.05) is 11.6 Å². The molecule has 0 fully saturated rings. The molecule has 0 saturated carbocycles. The Morgan fingerprint density at radius 2 is 2.16 bits per heavy atom. The SMILES string of the molecule is COCCNc1cc(=O)c2ccc(OC)c(Cl)c2[nH]1. The van der Waals surface area contributed by atoms with Gasteiger partial charge in [-0.05, 0) is 12.1 Å². The fraction of sp³-hybridized carbons (Fsp3) is 0.308. The van der Waals surface area contributed by atoms with Crippen LogP contribution in [-0.2, 0) is 4.74 Å². The Morgan fingerprint density at radius 3 is 2.84 bits per heavy atom. The lowest BCUT2D eigenvalue weighted by molar-refractivity contribution is 0.210. The lowest BCUT2D eigenvalue weighted by Crippen LogP contribution is -2.12. The van der Waals surface area contributed by atoms with E-state index < -0.39 is 0 Å². The van der Waals surface area contributed by atoms with Crippen molar-refractivity contribution in [3.05, 3.63) is 33.4 Å². The first-order valence-electron chi connectivity index (χ1n) is 5.79. The van der Waals surface area contributed by atoms with E-state index in [1.165, 1.54) is 13.2 Å². The van der Waals surface area contributed by atoms with E-state index in [0.717, 1.165) is 0 Å². The van der Waals surface area contributed by atoms with Gasteiger partial charge in [0.2, 0.25) is 0 Å². The van der Waals surface area contributed by atoms with Crippen LogP contribution >= 0.6 is 11.6 Å². The molecule has 5 nitrogen and oxygen atoms in total. The summed E-state index contributed by atoms with van der Waals surface area (Å²) in [7, 11) is 3.15. The molecule has 1 heterocycles. The average Bonchev–Trinajstić information content (AvgIpc) is 2.40. The third-order valence-electron chi connectivity index (χ3n) is 2.75. The molecule has 0 aliphatic heterocycles. The largest absolute Gasteiger partial charge is 0.495 e. The summed E-state index contributed by atoms with van der Waals surface area (Å²) in [5.74, 6) is 1.13. The van der Waals surface area contributed by atoms with Gasteiger partial charge < -0.3 is 19.8 Å². The van der Waals surface area contributed by atoms with Crippen molar-refractivity contribution in [2.24, 2.45) is 0 Å². The van der Waals surface area contributed by atoms with E-state index in [2.05, 4.69) is 10.3 Å². The summed E-state index contributed by atoms with van der Waals surface area (Å²) >= 11 is 6.20. The van der Waals surface area contributed by atoms with Crippen LogP contribution in [0.3, 0.4) is 0 Å². The molecule has 19 heavy (non-hydrogen) atoms. The van der Waals surface area contributed by atoms with Gasteiger partial charge in [0.25, 0.3) is 0 Å². The summed E-state index contributed by atoms with van der Waals surface area (Å²) < 4.78 is 10.1. The minimum absolute atomic E-state index is 0.0989. The Labute approximate surface area is 115 Å². The number of benzene rings is 1. The Hall–Kier alpha value is -1.72. The van der Waals surface area contributed by atoms with Gasteiger partial charge in [-0.3, -0.25) is 4.79 Å². The number of pyridine rings is 1. The molecule has 0 aliphatic carbocycles. The van der Waals surface area contributed by atoms with Gasteiger partial charge in [0, 0.05) is 25.1 Å². The average molecular weight is 283 g/mol. The first-order chi connectivity index (χ1) is 9.17. The zero-order chi connectivity index (χ0) is 13.8. The van der Waals surface area contributed by atoms with E-state index in [9.17, 15) is 4.79 Å². The number of hydrogen-bond acceptors (Lipinski definition) is 4. The van der Waals surface area contributed by atoms with E-state index >= 15 is 0 Å². The molecule has 1 aromatic carbocycles. The monoisotopic (exact) mass is 282 g/mol. The summed E-state index contributed by atoms with van der Waals surface area (Å²) in [4.78, 5) is 15.1. The molecule has 0 spiro atoms. The van der Waals surface area contributed by atoms with E-state index in [1.54, 1.807) is 19.2 Å². The molecule has 0 bridgehead atoms. The van der Waals surface area contributed by atoms with Crippen molar-refractivity contribution in [3.63, 3.8) is 0 Å². The highest BCUT2D eigenvalue weighted by Crippen LogP contribution is 2.30. The van der Waals surface area contributed by atoms with Crippen LogP contribution in [0.25, 0.3) is 10.9 Å². The highest BCUT2D eigenvalue weighted by molar-refractivity contribution is 6.36.